The molecule has 1 saturated carbocycles. The van der Waals surface area contributed by atoms with E-state index in [0.29, 0.717) is 18.3 Å². The lowest BCUT2D eigenvalue weighted by molar-refractivity contribution is -0.134. The average Bonchev–Trinajstić information content (AvgIpc) is 2.71. The third-order valence-corrected chi connectivity index (χ3v) is 4.58. The van der Waals surface area contributed by atoms with Crippen molar-refractivity contribution in [2.24, 2.45) is 11.8 Å². The van der Waals surface area contributed by atoms with Crippen molar-refractivity contribution < 1.29 is 9.90 Å². The van der Waals surface area contributed by atoms with Crippen molar-refractivity contribution in [3.05, 3.63) is 0 Å². The summed E-state index contributed by atoms with van der Waals surface area (Å²) in [7, 11) is 0. The molecule has 1 N–H and O–H groups in total. The SMILES string of the molecule is CC1CCN(C(=O)CC2CCCCC2)C1CO. The monoisotopic (exact) mass is 239 g/mol. The van der Waals surface area contributed by atoms with E-state index in [2.05, 4.69) is 6.92 Å². The van der Waals surface area contributed by atoms with Crippen LogP contribution in [0.1, 0.15) is 51.9 Å². The van der Waals surface area contributed by atoms with Crippen molar-refractivity contribution in [2.75, 3.05) is 13.2 Å². The molecular formula is C14H25NO2. The van der Waals surface area contributed by atoms with Crippen LogP contribution in [0.5, 0.6) is 0 Å². The number of rotatable bonds is 3. The first-order chi connectivity index (χ1) is 8.22. The van der Waals surface area contributed by atoms with Crippen LogP contribution in [0.25, 0.3) is 0 Å². The Hall–Kier alpha value is -0.570. The molecule has 1 aliphatic carbocycles. The molecule has 2 unspecified atom stereocenters. The molecule has 0 radical (unpaired) electrons. The molecule has 1 aliphatic heterocycles. The lowest BCUT2D eigenvalue weighted by atomic mass is 9.86. The zero-order valence-electron chi connectivity index (χ0n) is 10.9. The highest BCUT2D eigenvalue weighted by molar-refractivity contribution is 5.77. The Morgan fingerprint density at radius 1 is 1.24 bits per heavy atom. The van der Waals surface area contributed by atoms with Crippen LogP contribution in [0.4, 0.5) is 0 Å². The number of aliphatic hydroxyl groups is 1. The molecule has 0 bridgehead atoms. The highest BCUT2D eigenvalue weighted by Gasteiger charge is 2.34. The molecule has 2 rings (SSSR count). The number of carbonyl (C=O) groups excluding carboxylic acids is 1. The molecule has 2 aliphatic rings. The van der Waals surface area contributed by atoms with Gasteiger partial charge < -0.3 is 10.0 Å². The molecule has 0 spiro atoms. The number of hydrogen-bond acceptors (Lipinski definition) is 2. The van der Waals surface area contributed by atoms with E-state index in [1.54, 1.807) is 0 Å². The summed E-state index contributed by atoms with van der Waals surface area (Å²) in [5.74, 6) is 1.34. The maximum absolute atomic E-state index is 12.2. The lowest BCUT2D eigenvalue weighted by Crippen LogP contribution is -2.40. The van der Waals surface area contributed by atoms with E-state index in [-0.39, 0.29) is 18.6 Å². The Bertz CT molecular complexity index is 261. The van der Waals surface area contributed by atoms with Crippen LogP contribution in [-0.2, 0) is 4.79 Å². The molecule has 3 nitrogen and oxygen atoms in total. The van der Waals surface area contributed by atoms with Crippen LogP contribution in [0.15, 0.2) is 0 Å². The number of likely N-dealkylation sites (tertiary alicyclic amines) is 1. The fraction of sp³-hybridized carbons (Fsp3) is 0.929. The van der Waals surface area contributed by atoms with E-state index in [4.69, 9.17) is 0 Å². The van der Waals surface area contributed by atoms with Gasteiger partial charge in [-0.3, -0.25) is 4.79 Å². The normalized spacial score (nSPS) is 30.8. The first kappa shape index (κ1) is 12.9. The van der Waals surface area contributed by atoms with Gasteiger partial charge in [0.05, 0.1) is 12.6 Å². The molecular weight excluding hydrogens is 214 g/mol. The molecule has 3 heteroatoms. The molecule has 0 aromatic heterocycles. The first-order valence-electron chi connectivity index (χ1n) is 7.12. The Kier molecular flexibility index (Phi) is 4.43. The van der Waals surface area contributed by atoms with Crippen LogP contribution >= 0.6 is 0 Å². The van der Waals surface area contributed by atoms with Crippen molar-refractivity contribution in [1.29, 1.82) is 0 Å². The number of amides is 1. The van der Waals surface area contributed by atoms with Gasteiger partial charge in [-0.05, 0) is 31.1 Å². The Morgan fingerprint density at radius 3 is 2.59 bits per heavy atom. The second-order valence-corrected chi connectivity index (χ2v) is 5.81. The van der Waals surface area contributed by atoms with E-state index in [1.165, 1.54) is 32.1 Å². The minimum atomic E-state index is 0.0751. The van der Waals surface area contributed by atoms with Crippen molar-refractivity contribution in [1.82, 2.24) is 4.90 Å². The predicted octanol–water partition coefficient (Wildman–Crippen LogP) is 2.19. The minimum Gasteiger partial charge on any atom is -0.394 e. The zero-order valence-corrected chi connectivity index (χ0v) is 10.9. The number of nitrogens with zero attached hydrogens (tertiary/aromatic N) is 1. The third-order valence-electron chi connectivity index (χ3n) is 4.58. The average molecular weight is 239 g/mol. The van der Waals surface area contributed by atoms with Crippen LogP contribution in [-0.4, -0.2) is 35.1 Å². The molecule has 2 fully saturated rings. The summed E-state index contributed by atoms with van der Waals surface area (Å²) < 4.78 is 0. The molecule has 17 heavy (non-hydrogen) atoms. The van der Waals surface area contributed by atoms with Gasteiger partial charge in [0.1, 0.15) is 0 Å². The second kappa shape index (κ2) is 5.85. The Labute approximate surface area is 104 Å². The van der Waals surface area contributed by atoms with Gasteiger partial charge in [-0.25, -0.2) is 0 Å². The summed E-state index contributed by atoms with van der Waals surface area (Å²) >= 11 is 0. The fourth-order valence-electron chi connectivity index (χ4n) is 3.35. The maximum atomic E-state index is 12.2. The third kappa shape index (κ3) is 3.01. The standard InChI is InChI=1S/C14H25NO2/c1-11-7-8-15(13(11)10-16)14(17)9-12-5-3-2-4-6-12/h11-13,16H,2-10H2,1H3. The number of hydrogen-bond donors (Lipinski definition) is 1. The molecule has 0 aromatic carbocycles. The van der Waals surface area contributed by atoms with Gasteiger partial charge in [-0.15, -0.1) is 0 Å². The molecule has 1 amide bonds. The number of aliphatic hydroxyl groups excluding tert-OH is 1. The van der Waals surface area contributed by atoms with Gasteiger partial charge in [0.2, 0.25) is 5.91 Å². The summed E-state index contributed by atoms with van der Waals surface area (Å²) in [5, 5.41) is 9.37. The summed E-state index contributed by atoms with van der Waals surface area (Å²) in [5.41, 5.74) is 0. The van der Waals surface area contributed by atoms with Gasteiger partial charge in [0.25, 0.3) is 0 Å². The summed E-state index contributed by atoms with van der Waals surface area (Å²) in [6.07, 6.45) is 8.11. The smallest absolute Gasteiger partial charge is 0.223 e. The minimum absolute atomic E-state index is 0.0751. The summed E-state index contributed by atoms with van der Waals surface area (Å²) in [6.45, 7) is 3.10. The van der Waals surface area contributed by atoms with E-state index >= 15 is 0 Å². The van der Waals surface area contributed by atoms with Gasteiger partial charge in [0.15, 0.2) is 0 Å². The highest BCUT2D eigenvalue weighted by atomic mass is 16.3. The fourth-order valence-corrected chi connectivity index (χ4v) is 3.35. The summed E-state index contributed by atoms with van der Waals surface area (Å²) in [6, 6.07) is 0.0751. The topological polar surface area (TPSA) is 40.5 Å². The van der Waals surface area contributed by atoms with Crippen LogP contribution < -0.4 is 0 Å². The van der Waals surface area contributed by atoms with Gasteiger partial charge in [-0.2, -0.15) is 0 Å². The zero-order chi connectivity index (χ0) is 12.3. The summed E-state index contributed by atoms with van der Waals surface area (Å²) in [4.78, 5) is 14.2. The highest BCUT2D eigenvalue weighted by Crippen LogP contribution is 2.29. The Morgan fingerprint density at radius 2 is 1.94 bits per heavy atom. The Balaban J connectivity index is 1.86. The van der Waals surface area contributed by atoms with Gasteiger partial charge >= 0.3 is 0 Å². The van der Waals surface area contributed by atoms with Gasteiger partial charge in [0, 0.05) is 13.0 Å². The first-order valence-corrected chi connectivity index (χ1v) is 7.12. The van der Waals surface area contributed by atoms with E-state index in [9.17, 15) is 9.90 Å². The van der Waals surface area contributed by atoms with Crippen molar-refractivity contribution in [3.8, 4) is 0 Å². The van der Waals surface area contributed by atoms with E-state index in [0.717, 1.165) is 13.0 Å². The molecule has 2 atom stereocenters. The van der Waals surface area contributed by atoms with Crippen LogP contribution in [0.3, 0.4) is 0 Å². The van der Waals surface area contributed by atoms with Crippen LogP contribution in [0, 0.1) is 11.8 Å². The van der Waals surface area contributed by atoms with Crippen molar-refractivity contribution in [2.45, 2.75) is 57.9 Å². The number of carbonyl (C=O) groups is 1. The van der Waals surface area contributed by atoms with E-state index < -0.39 is 0 Å². The molecule has 0 aromatic rings. The predicted molar refractivity (Wildman–Crippen MR) is 67.6 cm³/mol. The van der Waals surface area contributed by atoms with E-state index in [1.807, 2.05) is 4.90 Å². The van der Waals surface area contributed by atoms with Crippen LogP contribution in [0.2, 0.25) is 0 Å². The van der Waals surface area contributed by atoms with Crippen molar-refractivity contribution >= 4 is 5.91 Å². The largest absolute Gasteiger partial charge is 0.394 e. The maximum Gasteiger partial charge on any atom is 0.223 e. The molecule has 1 heterocycles. The quantitative estimate of drug-likeness (QED) is 0.820. The van der Waals surface area contributed by atoms with Gasteiger partial charge in [-0.1, -0.05) is 26.2 Å². The molecule has 1 saturated heterocycles. The molecule has 98 valence electrons. The van der Waals surface area contributed by atoms with Crippen molar-refractivity contribution in [3.63, 3.8) is 0 Å². The second-order valence-electron chi connectivity index (χ2n) is 5.81. The lowest BCUT2D eigenvalue weighted by Gasteiger charge is -2.28.